The minimum absolute atomic E-state index is 0.661. The lowest BCUT2D eigenvalue weighted by atomic mass is 9.90. The van der Waals surface area contributed by atoms with Crippen molar-refractivity contribution in [1.29, 1.82) is 5.26 Å². The Kier molecular flexibility index (Phi) is 5.90. The van der Waals surface area contributed by atoms with Crippen molar-refractivity contribution in [2.75, 3.05) is 0 Å². The van der Waals surface area contributed by atoms with Gasteiger partial charge in [-0.2, -0.15) is 5.26 Å². The lowest BCUT2D eigenvalue weighted by molar-refractivity contribution is 1.18. The Morgan fingerprint density at radius 3 is 1.71 bits per heavy atom. The largest absolute Gasteiger partial charge is 0.309 e. The Morgan fingerprint density at radius 2 is 1.06 bits per heavy atom. The molecule has 10 rings (SSSR count). The molecule has 3 aromatic heterocycles. The van der Waals surface area contributed by atoms with Gasteiger partial charge in [-0.25, -0.2) is 4.98 Å². The molecule has 4 nitrogen and oxygen atoms in total. The van der Waals surface area contributed by atoms with Gasteiger partial charge in [0, 0.05) is 40.0 Å². The molecule has 0 fully saturated rings. The molecule has 0 saturated heterocycles. The summed E-state index contributed by atoms with van der Waals surface area (Å²) in [4.78, 5) is 9.17. The predicted octanol–water partition coefficient (Wildman–Crippen LogP) is 11.3. The van der Waals surface area contributed by atoms with E-state index in [9.17, 15) is 5.26 Å². The molecule has 0 saturated carbocycles. The lowest BCUT2D eigenvalue weighted by Gasteiger charge is -2.15. The van der Waals surface area contributed by atoms with Gasteiger partial charge in [0.1, 0.15) is 0 Å². The summed E-state index contributed by atoms with van der Waals surface area (Å²) in [5.74, 6) is 0. The third-order valence-corrected chi connectivity index (χ3v) is 9.80. The normalized spacial score (nSPS) is 11.7. The predicted molar refractivity (Wildman–Crippen MR) is 201 cm³/mol. The van der Waals surface area contributed by atoms with Crippen LogP contribution < -0.4 is 0 Å². The van der Waals surface area contributed by atoms with Crippen LogP contribution in [-0.2, 0) is 0 Å². The summed E-state index contributed by atoms with van der Waals surface area (Å²) in [7, 11) is 0. The summed E-state index contributed by atoms with van der Waals surface area (Å²) in [5.41, 5.74) is 10.3. The van der Waals surface area contributed by atoms with E-state index in [1.54, 1.807) is 12.4 Å². The second-order valence-corrected chi connectivity index (χ2v) is 12.6. The molecule has 49 heavy (non-hydrogen) atoms. The molecule has 3 heterocycles. The van der Waals surface area contributed by atoms with Crippen LogP contribution in [0.2, 0.25) is 0 Å². The fourth-order valence-corrected chi connectivity index (χ4v) is 7.56. The zero-order valence-electron chi connectivity index (χ0n) is 26.3. The quantitative estimate of drug-likeness (QED) is 0.184. The summed E-state index contributed by atoms with van der Waals surface area (Å²) in [6, 6.07) is 53.8. The van der Waals surface area contributed by atoms with Crippen molar-refractivity contribution in [3.8, 4) is 45.4 Å². The van der Waals surface area contributed by atoms with Gasteiger partial charge in [-0.3, -0.25) is 4.98 Å². The highest BCUT2D eigenvalue weighted by atomic mass is 15.0. The number of nitriles is 1. The number of fused-ring (bicyclic) bond motifs is 3. The first kappa shape index (κ1) is 27.3. The fraction of sp³-hybridized carbons (Fsp3) is 0. The van der Waals surface area contributed by atoms with E-state index in [2.05, 4.69) is 125 Å². The van der Waals surface area contributed by atoms with Gasteiger partial charge in [0.05, 0.1) is 34.1 Å². The van der Waals surface area contributed by atoms with Crippen LogP contribution in [0.15, 0.2) is 158 Å². The summed E-state index contributed by atoms with van der Waals surface area (Å²) < 4.78 is 2.29. The second kappa shape index (κ2) is 10.6. The number of nitrogens with zero attached hydrogens (tertiary/aromatic N) is 4. The first-order valence-electron chi connectivity index (χ1n) is 16.4. The second-order valence-electron chi connectivity index (χ2n) is 12.6. The van der Waals surface area contributed by atoms with Gasteiger partial charge in [0.2, 0.25) is 0 Å². The maximum absolute atomic E-state index is 9.72. The third kappa shape index (κ3) is 4.30. The van der Waals surface area contributed by atoms with Gasteiger partial charge in [0.15, 0.2) is 0 Å². The van der Waals surface area contributed by atoms with Crippen molar-refractivity contribution >= 4 is 54.1 Å². The molecule has 0 N–H and O–H groups in total. The topological polar surface area (TPSA) is 54.5 Å². The molecule has 0 amide bonds. The van der Waals surface area contributed by atoms with Gasteiger partial charge in [-0.1, -0.05) is 54.6 Å². The molecule has 0 bridgehead atoms. The van der Waals surface area contributed by atoms with Crippen molar-refractivity contribution in [1.82, 2.24) is 14.5 Å². The highest BCUT2D eigenvalue weighted by molar-refractivity contribution is 6.24. The van der Waals surface area contributed by atoms with Crippen molar-refractivity contribution in [2.45, 2.75) is 0 Å². The number of rotatable bonds is 4. The Balaban J connectivity index is 1.12. The maximum atomic E-state index is 9.72. The Labute approximate surface area is 282 Å². The van der Waals surface area contributed by atoms with Crippen LogP contribution in [0.4, 0.5) is 0 Å². The van der Waals surface area contributed by atoms with E-state index in [1.165, 1.54) is 37.9 Å². The molecule has 226 valence electrons. The van der Waals surface area contributed by atoms with E-state index in [4.69, 9.17) is 4.98 Å². The number of pyridine rings is 2. The van der Waals surface area contributed by atoms with Crippen LogP contribution in [0.1, 0.15) is 5.56 Å². The molecule has 0 spiro atoms. The first-order valence-corrected chi connectivity index (χ1v) is 16.4. The van der Waals surface area contributed by atoms with Crippen molar-refractivity contribution in [2.24, 2.45) is 0 Å². The standard InChI is InChI=1S/C45H26N4/c46-27-28-9-15-42-38(21-28)39-26-30(14-16-43(39)49(42)37-5-2-1-3-6-37)35-22-31-10-12-33-24-36(25-34-13-11-32(23-35)44(31)45(33)34)41-8-4-7-40(48-41)29-17-19-47-20-18-29/h1-26H. The molecular formula is C45H26N4. The molecular weight excluding hydrogens is 597 g/mol. The van der Waals surface area contributed by atoms with E-state index in [0.717, 1.165) is 55.6 Å². The zero-order chi connectivity index (χ0) is 32.5. The lowest BCUT2D eigenvalue weighted by Crippen LogP contribution is -1.93. The van der Waals surface area contributed by atoms with Gasteiger partial charge >= 0.3 is 0 Å². The number of hydrogen-bond acceptors (Lipinski definition) is 3. The van der Waals surface area contributed by atoms with E-state index >= 15 is 0 Å². The molecule has 0 aliphatic carbocycles. The summed E-state index contributed by atoms with van der Waals surface area (Å²) in [6.07, 6.45) is 3.60. The highest BCUT2D eigenvalue weighted by Gasteiger charge is 2.16. The van der Waals surface area contributed by atoms with E-state index in [0.29, 0.717) is 5.56 Å². The molecule has 0 aliphatic rings. The molecule has 10 aromatic rings. The molecule has 0 radical (unpaired) electrons. The average molecular weight is 623 g/mol. The minimum Gasteiger partial charge on any atom is -0.309 e. The SMILES string of the molecule is N#Cc1ccc2c(c1)c1cc(-c3cc4ccc5cc(-c6cccc(-c7ccncc7)n6)cc6ccc(c3)c4c56)ccc1n2-c1ccccc1. The van der Waals surface area contributed by atoms with Crippen molar-refractivity contribution < 1.29 is 0 Å². The average Bonchev–Trinajstić information content (AvgIpc) is 3.50. The van der Waals surface area contributed by atoms with Gasteiger partial charge in [-0.15, -0.1) is 0 Å². The third-order valence-electron chi connectivity index (χ3n) is 9.80. The van der Waals surface area contributed by atoms with Crippen LogP contribution in [0, 0.1) is 11.3 Å². The fourth-order valence-electron chi connectivity index (χ4n) is 7.56. The van der Waals surface area contributed by atoms with Crippen LogP contribution in [0.5, 0.6) is 0 Å². The Hall–Kier alpha value is -6.83. The summed E-state index contributed by atoms with van der Waals surface area (Å²) in [5, 5.41) is 19.3. The smallest absolute Gasteiger partial charge is 0.0991 e. The van der Waals surface area contributed by atoms with Crippen molar-refractivity contribution in [3.05, 3.63) is 164 Å². The van der Waals surface area contributed by atoms with Gasteiger partial charge in [-0.05, 0) is 134 Å². The number of aromatic nitrogens is 3. The number of para-hydroxylation sites is 1. The van der Waals surface area contributed by atoms with Crippen LogP contribution in [-0.4, -0.2) is 14.5 Å². The molecule has 0 atom stereocenters. The van der Waals surface area contributed by atoms with E-state index in [-0.39, 0.29) is 0 Å². The monoisotopic (exact) mass is 622 g/mol. The number of hydrogen-bond donors (Lipinski definition) is 0. The Bertz CT molecular complexity index is 2870. The van der Waals surface area contributed by atoms with Crippen LogP contribution in [0.3, 0.4) is 0 Å². The summed E-state index contributed by atoms with van der Waals surface area (Å²) >= 11 is 0. The molecule has 0 aliphatic heterocycles. The van der Waals surface area contributed by atoms with Crippen LogP contribution >= 0.6 is 0 Å². The van der Waals surface area contributed by atoms with Gasteiger partial charge < -0.3 is 4.57 Å². The molecule has 7 aromatic carbocycles. The highest BCUT2D eigenvalue weighted by Crippen LogP contribution is 2.41. The van der Waals surface area contributed by atoms with E-state index < -0.39 is 0 Å². The molecule has 0 unspecified atom stereocenters. The van der Waals surface area contributed by atoms with Gasteiger partial charge in [0.25, 0.3) is 0 Å². The zero-order valence-corrected chi connectivity index (χ0v) is 26.3. The van der Waals surface area contributed by atoms with Crippen molar-refractivity contribution in [3.63, 3.8) is 0 Å². The summed E-state index contributed by atoms with van der Waals surface area (Å²) in [6.45, 7) is 0. The number of benzene rings is 7. The van der Waals surface area contributed by atoms with E-state index in [1.807, 2.05) is 36.4 Å². The van der Waals surface area contributed by atoms with Crippen LogP contribution in [0.25, 0.3) is 93.5 Å². The first-order chi connectivity index (χ1) is 24.2. The Morgan fingerprint density at radius 1 is 0.469 bits per heavy atom. The minimum atomic E-state index is 0.661. The molecule has 4 heteroatoms. The maximum Gasteiger partial charge on any atom is 0.0991 e.